The van der Waals surface area contributed by atoms with Gasteiger partial charge in [-0.25, -0.2) is 13.1 Å². The molecule has 20 heavy (non-hydrogen) atoms. The molecule has 0 aromatic carbocycles. The van der Waals surface area contributed by atoms with Gasteiger partial charge in [-0.3, -0.25) is 9.58 Å². The molecule has 0 saturated carbocycles. The van der Waals surface area contributed by atoms with Crippen molar-refractivity contribution in [3.63, 3.8) is 0 Å². The van der Waals surface area contributed by atoms with Crippen molar-refractivity contribution in [1.29, 1.82) is 0 Å². The highest BCUT2D eigenvalue weighted by molar-refractivity contribution is 7.89. The summed E-state index contributed by atoms with van der Waals surface area (Å²) in [4.78, 5) is 2.34. The van der Waals surface area contributed by atoms with Crippen molar-refractivity contribution in [2.75, 3.05) is 45.9 Å². The molecule has 0 spiro atoms. The first-order valence-electron chi connectivity index (χ1n) is 6.64. The number of morpholine rings is 1. The molecule has 1 aliphatic rings. The Labute approximate surface area is 118 Å². The number of nitrogens with two attached hydrogens (primary N) is 1. The van der Waals surface area contributed by atoms with Crippen LogP contribution in [0, 0.1) is 0 Å². The van der Waals surface area contributed by atoms with Crippen LogP contribution in [0.3, 0.4) is 0 Å². The van der Waals surface area contributed by atoms with Crippen molar-refractivity contribution in [2.24, 2.45) is 5.73 Å². The molecule has 0 unspecified atom stereocenters. The SMILES string of the molecule is NCCn1cc(S(=O)(=O)NCCN2CCOCC2)cn1. The minimum Gasteiger partial charge on any atom is -0.379 e. The summed E-state index contributed by atoms with van der Waals surface area (Å²) < 4.78 is 33.5. The molecule has 114 valence electrons. The summed E-state index contributed by atoms with van der Waals surface area (Å²) in [5.74, 6) is 0. The standard InChI is InChI=1S/C11H21N5O3S/c12-1-3-16-10-11(9-13-16)20(17,18)14-2-4-15-5-7-19-8-6-15/h9-10,14H,1-8,12H2. The Kier molecular flexibility index (Phi) is 5.49. The summed E-state index contributed by atoms with van der Waals surface area (Å²) in [5, 5.41) is 3.96. The van der Waals surface area contributed by atoms with Crippen LogP contribution in [0.1, 0.15) is 0 Å². The molecule has 0 amide bonds. The Morgan fingerprint density at radius 1 is 1.35 bits per heavy atom. The van der Waals surface area contributed by atoms with E-state index in [4.69, 9.17) is 10.5 Å². The Morgan fingerprint density at radius 3 is 2.80 bits per heavy atom. The maximum absolute atomic E-state index is 12.1. The lowest BCUT2D eigenvalue weighted by Gasteiger charge is -2.26. The van der Waals surface area contributed by atoms with Crippen LogP contribution in [0.4, 0.5) is 0 Å². The number of nitrogens with one attached hydrogen (secondary N) is 1. The van der Waals surface area contributed by atoms with Crippen LogP contribution < -0.4 is 10.5 Å². The number of hydrogen-bond acceptors (Lipinski definition) is 6. The first kappa shape index (κ1) is 15.4. The van der Waals surface area contributed by atoms with Crippen molar-refractivity contribution in [1.82, 2.24) is 19.4 Å². The highest BCUT2D eigenvalue weighted by atomic mass is 32.2. The largest absolute Gasteiger partial charge is 0.379 e. The molecule has 0 atom stereocenters. The minimum absolute atomic E-state index is 0.174. The first-order chi connectivity index (χ1) is 9.62. The molecule has 1 aliphatic heterocycles. The lowest BCUT2D eigenvalue weighted by molar-refractivity contribution is 0.0390. The molecule has 2 rings (SSSR count). The summed E-state index contributed by atoms with van der Waals surface area (Å²) in [6.45, 7) is 5.09. The van der Waals surface area contributed by atoms with Gasteiger partial charge in [0.05, 0.1) is 26.0 Å². The molecule has 1 aromatic heterocycles. The Hall–Kier alpha value is -1.00. The van der Waals surface area contributed by atoms with Gasteiger partial charge in [0.2, 0.25) is 10.0 Å². The molecule has 1 fully saturated rings. The molecule has 9 heteroatoms. The topological polar surface area (TPSA) is 102 Å². The number of rotatable bonds is 7. The van der Waals surface area contributed by atoms with E-state index in [1.165, 1.54) is 17.1 Å². The van der Waals surface area contributed by atoms with Crippen LogP contribution >= 0.6 is 0 Å². The highest BCUT2D eigenvalue weighted by Gasteiger charge is 2.17. The van der Waals surface area contributed by atoms with E-state index in [1.807, 2.05) is 0 Å². The number of nitrogens with zero attached hydrogens (tertiary/aromatic N) is 3. The molecule has 2 heterocycles. The van der Waals surface area contributed by atoms with E-state index in [1.54, 1.807) is 0 Å². The Balaban J connectivity index is 1.83. The van der Waals surface area contributed by atoms with Crippen LogP contribution in [0.2, 0.25) is 0 Å². The average Bonchev–Trinajstić information content (AvgIpc) is 2.90. The second kappa shape index (κ2) is 7.14. The fraction of sp³-hybridized carbons (Fsp3) is 0.727. The van der Waals surface area contributed by atoms with Crippen LogP contribution in [0.5, 0.6) is 0 Å². The molecule has 8 nitrogen and oxygen atoms in total. The summed E-state index contributed by atoms with van der Waals surface area (Å²) >= 11 is 0. The highest BCUT2D eigenvalue weighted by Crippen LogP contribution is 2.06. The maximum atomic E-state index is 12.1. The van der Waals surface area contributed by atoms with Gasteiger partial charge in [0.1, 0.15) is 4.90 Å². The Bertz CT molecular complexity index is 510. The zero-order valence-corrected chi connectivity index (χ0v) is 12.2. The van der Waals surface area contributed by atoms with Gasteiger partial charge in [-0.2, -0.15) is 5.10 Å². The fourth-order valence-corrected chi connectivity index (χ4v) is 2.96. The van der Waals surface area contributed by atoms with Crippen molar-refractivity contribution in [3.8, 4) is 0 Å². The zero-order valence-electron chi connectivity index (χ0n) is 11.4. The maximum Gasteiger partial charge on any atom is 0.243 e. The average molecular weight is 303 g/mol. The van der Waals surface area contributed by atoms with Gasteiger partial charge >= 0.3 is 0 Å². The third kappa shape index (κ3) is 4.25. The number of ether oxygens (including phenoxy) is 1. The number of aromatic nitrogens is 2. The van der Waals surface area contributed by atoms with E-state index in [-0.39, 0.29) is 4.90 Å². The number of sulfonamides is 1. The lowest BCUT2D eigenvalue weighted by atomic mass is 10.4. The third-order valence-electron chi connectivity index (χ3n) is 3.10. The van der Waals surface area contributed by atoms with Crippen molar-refractivity contribution in [2.45, 2.75) is 11.4 Å². The summed E-state index contributed by atoms with van der Waals surface area (Å²) in [7, 11) is -3.49. The molecular formula is C11H21N5O3S. The monoisotopic (exact) mass is 303 g/mol. The molecule has 3 N–H and O–H groups in total. The van der Waals surface area contributed by atoms with Crippen molar-refractivity contribution >= 4 is 10.0 Å². The van der Waals surface area contributed by atoms with Gasteiger partial charge in [0, 0.05) is 38.9 Å². The molecular weight excluding hydrogens is 282 g/mol. The van der Waals surface area contributed by atoms with Crippen LogP contribution in [-0.4, -0.2) is 69.0 Å². The molecule has 1 saturated heterocycles. The van der Waals surface area contributed by atoms with Gasteiger partial charge in [-0.15, -0.1) is 0 Å². The Morgan fingerprint density at radius 2 is 2.10 bits per heavy atom. The van der Waals surface area contributed by atoms with Crippen LogP contribution in [-0.2, 0) is 21.3 Å². The van der Waals surface area contributed by atoms with Crippen molar-refractivity contribution < 1.29 is 13.2 Å². The van der Waals surface area contributed by atoms with E-state index in [0.29, 0.717) is 39.4 Å². The summed E-state index contributed by atoms with van der Waals surface area (Å²) in [5.41, 5.74) is 5.40. The summed E-state index contributed by atoms with van der Waals surface area (Å²) in [6, 6.07) is 0. The third-order valence-corrected chi connectivity index (χ3v) is 4.52. The van der Waals surface area contributed by atoms with Gasteiger partial charge in [-0.05, 0) is 0 Å². The van der Waals surface area contributed by atoms with E-state index in [0.717, 1.165) is 13.1 Å². The molecule has 0 aliphatic carbocycles. The quantitative estimate of drug-likeness (QED) is 0.632. The van der Waals surface area contributed by atoms with E-state index < -0.39 is 10.0 Å². The summed E-state index contributed by atoms with van der Waals surface area (Å²) in [6.07, 6.45) is 2.83. The number of hydrogen-bond donors (Lipinski definition) is 2. The van der Waals surface area contributed by atoms with Gasteiger partial charge in [0.15, 0.2) is 0 Å². The van der Waals surface area contributed by atoms with E-state index >= 15 is 0 Å². The van der Waals surface area contributed by atoms with Crippen molar-refractivity contribution in [3.05, 3.63) is 12.4 Å². The predicted octanol–water partition coefficient (Wildman–Crippen LogP) is -1.55. The second-order valence-electron chi connectivity index (χ2n) is 4.58. The van der Waals surface area contributed by atoms with Crippen LogP contribution in [0.25, 0.3) is 0 Å². The van der Waals surface area contributed by atoms with E-state index in [2.05, 4.69) is 14.7 Å². The molecule has 0 bridgehead atoms. The van der Waals surface area contributed by atoms with Crippen LogP contribution in [0.15, 0.2) is 17.3 Å². The molecule has 0 radical (unpaired) electrons. The second-order valence-corrected chi connectivity index (χ2v) is 6.35. The predicted molar refractivity (Wildman–Crippen MR) is 73.7 cm³/mol. The minimum atomic E-state index is -3.49. The van der Waals surface area contributed by atoms with E-state index in [9.17, 15) is 8.42 Å². The van der Waals surface area contributed by atoms with Gasteiger partial charge in [0.25, 0.3) is 0 Å². The smallest absolute Gasteiger partial charge is 0.243 e. The first-order valence-corrected chi connectivity index (χ1v) is 8.12. The van der Waals surface area contributed by atoms with Gasteiger partial charge < -0.3 is 10.5 Å². The molecule has 1 aromatic rings. The fourth-order valence-electron chi connectivity index (χ4n) is 1.98. The van der Waals surface area contributed by atoms with Gasteiger partial charge in [-0.1, -0.05) is 0 Å². The lowest BCUT2D eigenvalue weighted by Crippen LogP contribution is -2.41. The zero-order chi connectivity index (χ0) is 14.4. The normalized spacial score (nSPS) is 17.4.